The van der Waals surface area contributed by atoms with Crippen LogP contribution in [-0.2, 0) is 6.54 Å². The minimum absolute atomic E-state index is 0.348. The fourth-order valence-electron chi connectivity index (χ4n) is 2.11. The third-order valence-corrected chi connectivity index (χ3v) is 4.06. The summed E-state index contributed by atoms with van der Waals surface area (Å²) in [6.07, 6.45) is 0. The van der Waals surface area contributed by atoms with E-state index in [-0.39, 0.29) is 6.04 Å². The first kappa shape index (κ1) is 16.5. The molecular weight excluding hydrogens is 362 g/mol. The molecule has 0 fully saturated rings. The van der Waals surface area contributed by atoms with Crippen LogP contribution in [-0.4, -0.2) is 0 Å². The Morgan fingerprint density at radius 3 is 2.14 bits per heavy atom. The summed E-state index contributed by atoms with van der Waals surface area (Å²) in [6.45, 7) is 0.553. The lowest BCUT2D eigenvalue weighted by atomic mass is 9.95. The van der Waals surface area contributed by atoms with E-state index >= 15 is 0 Å². The van der Waals surface area contributed by atoms with Gasteiger partial charge in [-0.25, -0.2) is 0 Å². The third kappa shape index (κ3) is 4.32. The Kier molecular flexibility index (Phi) is 5.98. The van der Waals surface area contributed by atoms with Gasteiger partial charge in [0, 0.05) is 16.0 Å². The molecule has 0 aliphatic heterocycles. The Bertz CT molecular complexity index is 685. The molecule has 1 unspecified atom stereocenters. The molecular formula is C17H13BrClN3. The molecule has 0 amide bonds. The fourth-order valence-corrected chi connectivity index (χ4v) is 2.50. The SMILES string of the molecule is N#CC(C#N)C(NCc1ccc(Cl)cc1)c1ccc(Br)cc1. The van der Waals surface area contributed by atoms with Crippen molar-refractivity contribution in [3.63, 3.8) is 0 Å². The van der Waals surface area contributed by atoms with Crippen LogP contribution in [0.2, 0.25) is 5.02 Å². The van der Waals surface area contributed by atoms with Crippen LogP contribution in [0.5, 0.6) is 0 Å². The molecule has 22 heavy (non-hydrogen) atoms. The fraction of sp³-hybridized carbons (Fsp3) is 0.176. The van der Waals surface area contributed by atoms with Gasteiger partial charge in [0.05, 0.1) is 18.2 Å². The van der Waals surface area contributed by atoms with E-state index in [0.29, 0.717) is 11.6 Å². The monoisotopic (exact) mass is 373 g/mol. The van der Waals surface area contributed by atoms with Gasteiger partial charge in [0.25, 0.3) is 0 Å². The van der Waals surface area contributed by atoms with Crippen LogP contribution in [0.1, 0.15) is 17.2 Å². The van der Waals surface area contributed by atoms with E-state index in [1.54, 1.807) is 0 Å². The van der Waals surface area contributed by atoms with E-state index in [4.69, 9.17) is 11.6 Å². The topological polar surface area (TPSA) is 59.6 Å². The molecule has 3 nitrogen and oxygen atoms in total. The van der Waals surface area contributed by atoms with Crippen molar-refractivity contribution in [2.75, 3.05) is 0 Å². The molecule has 1 N–H and O–H groups in total. The summed E-state index contributed by atoms with van der Waals surface area (Å²) in [7, 11) is 0. The standard InChI is InChI=1S/C17H13BrClN3/c18-15-5-3-13(4-6-15)17(14(9-20)10-21)22-11-12-1-7-16(19)8-2-12/h1-8,14,17,22H,11H2. The molecule has 0 aliphatic rings. The Balaban J connectivity index is 2.18. The highest BCUT2D eigenvalue weighted by molar-refractivity contribution is 9.10. The Labute approximate surface area is 143 Å². The highest BCUT2D eigenvalue weighted by Gasteiger charge is 2.22. The van der Waals surface area contributed by atoms with Gasteiger partial charge in [0.2, 0.25) is 0 Å². The Morgan fingerprint density at radius 1 is 1.00 bits per heavy atom. The molecule has 0 radical (unpaired) electrons. The molecule has 0 aliphatic carbocycles. The lowest BCUT2D eigenvalue weighted by Crippen LogP contribution is -2.26. The zero-order valence-electron chi connectivity index (χ0n) is 11.6. The quantitative estimate of drug-likeness (QED) is 0.832. The van der Waals surface area contributed by atoms with Crippen molar-refractivity contribution in [3.05, 3.63) is 69.2 Å². The first-order valence-electron chi connectivity index (χ1n) is 6.66. The highest BCUT2D eigenvalue weighted by atomic mass is 79.9. The number of halogens is 2. The van der Waals surface area contributed by atoms with Gasteiger partial charge in [0.1, 0.15) is 0 Å². The minimum atomic E-state index is -0.756. The maximum absolute atomic E-state index is 9.21. The summed E-state index contributed by atoms with van der Waals surface area (Å²) in [5, 5.41) is 22.4. The molecule has 0 aromatic heterocycles. The van der Waals surface area contributed by atoms with Crippen molar-refractivity contribution in [3.8, 4) is 12.1 Å². The predicted molar refractivity (Wildman–Crippen MR) is 89.9 cm³/mol. The molecule has 2 aromatic carbocycles. The zero-order chi connectivity index (χ0) is 15.9. The summed E-state index contributed by atoms with van der Waals surface area (Å²) in [5.74, 6) is -0.756. The van der Waals surface area contributed by atoms with Crippen LogP contribution >= 0.6 is 27.5 Å². The smallest absolute Gasteiger partial charge is 0.152 e. The molecule has 0 bridgehead atoms. The van der Waals surface area contributed by atoms with Gasteiger partial charge in [-0.3, -0.25) is 0 Å². The number of nitriles is 2. The van der Waals surface area contributed by atoms with Crippen molar-refractivity contribution in [2.24, 2.45) is 5.92 Å². The predicted octanol–water partition coefficient (Wildman–Crippen LogP) is 4.60. The second kappa shape index (κ2) is 7.96. The number of hydrogen-bond acceptors (Lipinski definition) is 3. The van der Waals surface area contributed by atoms with E-state index in [9.17, 15) is 10.5 Å². The lowest BCUT2D eigenvalue weighted by Gasteiger charge is -2.20. The van der Waals surface area contributed by atoms with Crippen LogP contribution in [0, 0.1) is 28.6 Å². The normalized spacial score (nSPS) is 11.7. The van der Waals surface area contributed by atoms with E-state index in [1.165, 1.54) is 0 Å². The largest absolute Gasteiger partial charge is 0.304 e. The van der Waals surface area contributed by atoms with Crippen molar-refractivity contribution >= 4 is 27.5 Å². The third-order valence-electron chi connectivity index (χ3n) is 3.28. The zero-order valence-corrected chi connectivity index (χ0v) is 14.0. The molecule has 1 atom stereocenters. The first-order valence-corrected chi connectivity index (χ1v) is 7.83. The lowest BCUT2D eigenvalue weighted by molar-refractivity contribution is 0.485. The number of nitrogens with zero attached hydrogens (tertiary/aromatic N) is 2. The molecule has 5 heteroatoms. The van der Waals surface area contributed by atoms with Gasteiger partial charge in [-0.05, 0) is 35.4 Å². The highest BCUT2D eigenvalue weighted by Crippen LogP contribution is 2.24. The van der Waals surface area contributed by atoms with Crippen LogP contribution < -0.4 is 5.32 Å². The number of hydrogen-bond donors (Lipinski definition) is 1. The number of benzene rings is 2. The summed E-state index contributed by atoms with van der Waals surface area (Å²) >= 11 is 9.25. The summed E-state index contributed by atoms with van der Waals surface area (Å²) in [5.41, 5.74) is 1.95. The first-order chi connectivity index (χ1) is 10.6. The Morgan fingerprint density at radius 2 is 1.59 bits per heavy atom. The minimum Gasteiger partial charge on any atom is -0.304 e. The van der Waals surface area contributed by atoms with Crippen LogP contribution in [0.25, 0.3) is 0 Å². The summed E-state index contributed by atoms with van der Waals surface area (Å²) in [6, 6.07) is 18.9. The number of nitrogens with one attached hydrogen (secondary N) is 1. The molecule has 110 valence electrons. The average Bonchev–Trinajstić information content (AvgIpc) is 2.54. The summed E-state index contributed by atoms with van der Waals surface area (Å²) < 4.78 is 0.957. The van der Waals surface area contributed by atoms with Gasteiger partial charge in [-0.1, -0.05) is 51.8 Å². The average molecular weight is 375 g/mol. The molecule has 0 heterocycles. The second-order valence-electron chi connectivity index (χ2n) is 4.77. The van der Waals surface area contributed by atoms with E-state index in [1.807, 2.05) is 48.5 Å². The van der Waals surface area contributed by atoms with Gasteiger partial charge >= 0.3 is 0 Å². The molecule has 0 saturated carbocycles. The van der Waals surface area contributed by atoms with Crippen LogP contribution in [0.15, 0.2) is 53.0 Å². The second-order valence-corrected chi connectivity index (χ2v) is 6.12. The maximum atomic E-state index is 9.21. The molecule has 2 rings (SSSR count). The van der Waals surface area contributed by atoms with Gasteiger partial charge in [-0.2, -0.15) is 10.5 Å². The van der Waals surface area contributed by atoms with E-state index in [0.717, 1.165) is 15.6 Å². The van der Waals surface area contributed by atoms with E-state index < -0.39 is 5.92 Å². The van der Waals surface area contributed by atoms with Gasteiger partial charge in [-0.15, -0.1) is 0 Å². The number of rotatable bonds is 5. The van der Waals surface area contributed by atoms with Crippen molar-refractivity contribution in [1.29, 1.82) is 10.5 Å². The van der Waals surface area contributed by atoms with Crippen LogP contribution in [0.3, 0.4) is 0 Å². The van der Waals surface area contributed by atoms with E-state index in [2.05, 4.69) is 33.4 Å². The summed E-state index contributed by atoms with van der Waals surface area (Å²) in [4.78, 5) is 0. The van der Waals surface area contributed by atoms with Crippen molar-refractivity contribution in [1.82, 2.24) is 5.32 Å². The molecule has 2 aromatic rings. The maximum Gasteiger partial charge on any atom is 0.152 e. The molecule has 0 spiro atoms. The van der Waals surface area contributed by atoms with Crippen molar-refractivity contribution < 1.29 is 0 Å². The molecule has 0 saturated heterocycles. The van der Waals surface area contributed by atoms with Crippen molar-refractivity contribution in [2.45, 2.75) is 12.6 Å². The Hall–Kier alpha value is -1.85. The van der Waals surface area contributed by atoms with Gasteiger partial charge < -0.3 is 5.32 Å². The van der Waals surface area contributed by atoms with Gasteiger partial charge in [0.15, 0.2) is 5.92 Å². The van der Waals surface area contributed by atoms with Crippen LogP contribution in [0.4, 0.5) is 0 Å².